The van der Waals surface area contributed by atoms with Crippen molar-refractivity contribution >= 4 is 76.3 Å². The van der Waals surface area contributed by atoms with Crippen molar-refractivity contribution in [3.63, 3.8) is 0 Å². The fourth-order valence-electron chi connectivity index (χ4n) is 8.25. The van der Waals surface area contributed by atoms with Gasteiger partial charge in [0.15, 0.2) is 45.0 Å². The van der Waals surface area contributed by atoms with Gasteiger partial charge < -0.3 is 66.7 Å². The second-order valence-corrected chi connectivity index (χ2v) is 20.6. The number of piperidine rings is 2. The maximum Gasteiger partial charge on any atom is 0.410 e. The highest BCUT2D eigenvalue weighted by molar-refractivity contribution is 6.32. The topological polar surface area (TPSA) is 300 Å². The van der Waals surface area contributed by atoms with Gasteiger partial charge in [-0.1, -0.05) is 44.5 Å². The molecular formula is C52H86Cl2N14O9. The number of aliphatic hydroxyl groups excluding tert-OH is 2. The molecule has 4 aliphatic rings. The molecule has 23 nitrogen and oxygen atoms in total. The van der Waals surface area contributed by atoms with Crippen molar-refractivity contribution < 1.29 is 43.7 Å². The molecule has 4 aliphatic heterocycles. The number of nitrogens with two attached hydrogens (primary N) is 2. The van der Waals surface area contributed by atoms with E-state index >= 15 is 0 Å². The maximum atomic E-state index is 12.4. The smallest absolute Gasteiger partial charge is 0.410 e. The van der Waals surface area contributed by atoms with Gasteiger partial charge in [0.05, 0.1) is 13.2 Å². The van der Waals surface area contributed by atoms with Crippen LogP contribution in [0.25, 0.3) is 0 Å². The molecule has 6 rings (SSSR count). The Bertz CT molecular complexity index is 2260. The largest absolute Gasteiger partial charge is 0.444 e. The van der Waals surface area contributed by atoms with E-state index in [2.05, 4.69) is 84.7 Å². The minimum Gasteiger partial charge on any atom is -0.444 e. The molecule has 2 aromatic rings. The predicted octanol–water partition coefficient (Wildman–Crippen LogP) is 4.47. The number of hydrogen-bond acceptors (Lipinski definition) is 19. The summed E-state index contributed by atoms with van der Waals surface area (Å²) in [6.07, 6.45) is 16.7. The van der Waals surface area contributed by atoms with Gasteiger partial charge in [-0.3, -0.25) is 19.3 Å². The Morgan fingerprint density at radius 3 is 1.56 bits per heavy atom. The molecule has 0 unspecified atom stereocenters. The van der Waals surface area contributed by atoms with Crippen LogP contribution < -0.4 is 37.2 Å². The van der Waals surface area contributed by atoms with Gasteiger partial charge in [0, 0.05) is 110 Å². The van der Waals surface area contributed by atoms with Crippen molar-refractivity contribution in [2.75, 3.05) is 113 Å². The Balaban J connectivity index is 0.000000601. The van der Waals surface area contributed by atoms with Crippen LogP contribution in [0.3, 0.4) is 0 Å². The number of Topliss-reactive ketones (excluding diaryl/α,β-unsaturated/α-hetero) is 1. The van der Waals surface area contributed by atoms with Gasteiger partial charge in [0.1, 0.15) is 17.0 Å². The third kappa shape index (κ3) is 22.9. The third-order valence-electron chi connectivity index (χ3n) is 11.9. The number of nitrogens with zero attached hydrogens (tertiary/aromatic N) is 9. The number of piperazine rings is 2. The molecule has 77 heavy (non-hydrogen) atoms. The zero-order valence-corrected chi connectivity index (χ0v) is 47.3. The molecule has 0 radical (unpaired) electrons. The highest BCUT2D eigenvalue weighted by atomic mass is 35.5. The first-order valence-corrected chi connectivity index (χ1v) is 26.3. The van der Waals surface area contributed by atoms with Crippen molar-refractivity contribution in [1.29, 1.82) is 0 Å². The average molecular weight is 1120 g/mol. The zero-order valence-electron chi connectivity index (χ0n) is 45.8. The number of halogens is 2. The van der Waals surface area contributed by atoms with Crippen molar-refractivity contribution in [1.82, 2.24) is 50.6 Å². The van der Waals surface area contributed by atoms with Gasteiger partial charge in [-0.2, -0.15) is 0 Å². The molecule has 0 saturated carbocycles. The minimum atomic E-state index is -0.522. The predicted molar refractivity (Wildman–Crippen MR) is 303 cm³/mol. The molecule has 2 aromatic heterocycles. The number of hydrogen-bond donors (Lipinski definition) is 7. The van der Waals surface area contributed by atoms with E-state index in [1.807, 2.05) is 46.4 Å². The number of amides is 4. The molecule has 0 bridgehead atoms. The Morgan fingerprint density at radius 2 is 1.16 bits per heavy atom. The molecule has 6 heterocycles. The van der Waals surface area contributed by atoms with Gasteiger partial charge in [-0.25, -0.2) is 29.5 Å². The summed E-state index contributed by atoms with van der Waals surface area (Å²) >= 11 is 12.6. The van der Waals surface area contributed by atoms with E-state index in [4.69, 9.17) is 54.4 Å². The van der Waals surface area contributed by atoms with Crippen molar-refractivity contribution in [3.8, 4) is 25.2 Å². The van der Waals surface area contributed by atoms with Crippen molar-refractivity contribution in [3.05, 3.63) is 21.7 Å². The second kappa shape index (κ2) is 34.0. The number of rotatable bonds is 11. The lowest BCUT2D eigenvalue weighted by molar-refractivity contribution is -0.121. The van der Waals surface area contributed by atoms with Crippen LogP contribution in [-0.4, -0.2) is 196 Å². The molecular weight excluding hydrogens is 1040 g/mol. The number of anilines is 4. The molecule has 9 N–H and O–H groups in total. The number of ether oxygens (including phenoxy) is 2. The Hall–Kier alpha value is -5.95. The molecule has 4 saturated heterocycles. The number of likely N-dealkylation sites (tertiary alicyclic amines) is 2. The number of aromatic nitrogens is 4. The summed E-state index contributed by atoms with van der Waals surface area (Å²) < 4.78 is 10.7. The van der Waals surface area contributed by atoms with Gasteiger partial charge in [-0.05, 0) is 74.1 Å². The van der Waals surface area contributed by atoms with Crippen LogP contribution in [0.4, 0.5) is 32.9 Å². The number of carbonyl (C=O) groups is 5. The molecule has 0 aliphatic carbocycles. The van der Waals surface area contributed by atoms with E-state index in [0.717, 1.165) is 51.9 Å². The molecule has 2 atom stereocenters. The number of aliphatic hydroxyl groups is 2. The molecule has 0 aromatic carbocycles. The summed E-state index contributed by atoms with van der Waals surface area (Å²) in [7, 11) is 0. The van der Waals surface area contributed by atoms with Crippen molar-refractivity contribution in [2.45, 2.75) is 138 Å². The van der Waals surface area contributed by atoms with Crippen LogP contribution in [-0.2, 0) is 14.3 Å². The van der Waals surface area contributed by atoms with Crippen LogP contribution in [0.1, 0.15) is 129 Å². The highest BCUT2D eigenvalue weighted by Gasteiger charge is 2.36. The summed E-state index contributed by atoms with van der Waals surface area (Å²) in [5, 5.41) is 26.3. The monoisotopic (exact) mass is 1120 g/mol. The van der Waals surface area contributed by atoms with E-state index in [9.17, 15) is 24.0 Å². The molecule has 4 amide bonds. The quantitative estimate of drug-likeness (QED) is 0.153. The number of nitrogen functional groups attached to an aromatic ring is 2. The van der Waals surface area contributed by atoms with E-state index in [1.54, 1.807) is 16.7 Å². The average Bonchev–Trinajstić information content (AvgIpc) is 3.38. The van der Waals surface area contributed by atoms with Crippen molar-refractivity contribution in [2.24, 2.45) is 0 Å². The minimum absolute atomic E-state index is 0. The number of carbonyl (C=O) groups excluding carboxylic acids is 5. The zero-order chi connectivity index (χ0) is 57.3. The highest BCUT2D eigenvalue weighted by Crippen LogP contribution is 2.31. The van der Waals surface area contributed by atoms with E-state index in [0.29, 0.717) is 75.8 Å². The lowest BCUT2D eigenvalue weighted by atomic mass is 9.98. The van der Waals surface area contributed by atoms with Crippen LogP contribution >= 0.6 is 23.2 Å². The van der Waals surface area contributed by atoms with Gasteiger partial charge >= 0.3 is 12.2 Å². The van der Waals surface area contributed by atoms with Crippen LogP contribution in [0.2, 0.25) is 10.3 Å². The summed E-state index contributed by atoms with van der Waals surface area (Å²) in [6.45, 7) is 23.9. The normalized spacial score (nSPS) is 17.8. The summed E-state index contributed by atoms with van der Waals surface area (Å²) in [5.41, 5.74) is 10.8. The fraction of sp³-hybridized carbons (Fsp3) is 0.673. The van der Waals surface area contributed by atoms with Crippen LogP contribution in [0.15, 0.2) is 0 Å². The molecule has 432 valence electrons. The van der Waals surface area contributed by atoms with E-state index in [-0.39, 0.29) is 91.1 Å². The number of ketones is 1. The first-order valence-electron chi connectivity index (χ1n) is 25.5. The second-order valence-electron chi connectivity index (χ2n) is 19.8. The number of terminal acetylenes is 2. The molecule has 4 fully saturated rings. The van der Waals surface area contributed by atoms with E-state index in [1.165, 1.54) is 0 Å². The van der Waals surface area contributed by atoms with Gasteiger partial charge in [0.25, 0.3) is 11.8 Å². The van der Waals surface area contributed by atoms with Gasteiger partial charge in [-0.15, -0.1) is 25.2 Å². The number of nitrogens with one attached hydrogen (secondary N) is 3. The first-order chi connectivity index (χ1) is 35.9. The van der Waals surface area contributed by atoms with Crippen LogP contribution in [0, 0.1) is 25.2 Å². The first kappa shape index (κ1) is 69.1. The lowest BCUT2D eigenvalue weighted by Crippen LogP contribution is -2.59. The fourth-order valence-corrected chi connectivity index (χ4v) is 8.74. The Labute approximate surface area is 466 Å². The van der Waals surface area contributed by atoms with Gasteiger partial charge in [0.2, 0.25) is 0 Å². The van der Waals surface area contributed by atoms with Crippen LogP contribution in [0.5, 0.6) is 0 Å². The SMILES string of the molecule is C.C#C.C#CC.CC(C)(C)OC(=O)N1CCC(=O)CC1.CC[C@H]1CN(c2nc(N)c(C(=O)NCCO)nc2Cl)CCN1.CC[C@H]1CN(c2nc(N)c(C(=O)NCCO)nc2Cl)CCN1C1CCN(C(=O)OC(C)(C)C)CC1. The third-order valence-corrected chi connectivity index (χ3v) is 12.4. The summed E-state index contributed by atoms with van der Waals surface area (Å²) in [5.74, 6) is 2.46. The summed E-state index contributed by atoms with van der Waals surface area (Å²) in [6, 6.07) is 1.04. The lowest BCUT2D eigenvalue weighted by Gasteiger charge is -2.47. The van der Waals surface area contributed by atoms with E-state index < -0.39 is 23.0 Å². The molecule has 0 spiro atoms. The maximum absolute atomic E-state index is 12.4. The summed E-state index contributed by atoms with van der Waals surface area (Å²) in [4.78, 5) is 85.9. The Morgan fingerprint density at radius 1 is 0.727 bits per heavy atom. The molecule has 25 heteroatoms. The Kier molecular flexibility index (Phi) is 30.5. The standard InChI is InChI=1S/C23H38ClN7O4.C13H21ClN6O2.C10H17NO3.C3H4.C2H2.CH4/c1-5-15-14-30(20-18(24)27-17(19(25)28-20)21(33)26-8-13-32)11-12-31(15)16-6-9-29(10-7-16)22(34)35-23(2,3)4;1-2-8-7-20(5-3-16-8)12-10(14)18-9(11(15)19-12)13(22)17-4-6-21;1-10(2,3)14-9(13)11-6-4-8(12)5-7-11;1-3-2;1-2;/h15-16,32H,5-14H2,1-4H3,(H2,25,28)(H,26,33);8,16,21H,2-7H2,1H3,(H2,15,19)(H,17,22);4-7H2,1-3H3;1H,2H3;1-2H;1H4/t15-;8-;;;;/m00..../s1.